The first kappa shape index (κ1) is 14.1. The number of rotatable bonds is 6. The fourth-order valence-corrected chi connectivity index (χ4v) is 2.79. The van der Waals surface area contributed by atoms with Crippen molar-refractivity contribution in [2.24, 2.45) is 0 Å². The van der Waals surface area contributed by atoms with Crippen LogP contribution < -0.4 is 4.74 Å². The molecule has 1 aliphatic carbocycles. The number of ketones is 1. The number of hydrogen-bond donors (Lipinski definition) is 0. The van der Waals surface area contributed by atoms with Crippen molar-refractivity contribution in [3.8, 4) is 5.75 Å². The molecule has 104 valence electrons. The molecule has 1 aromatic rings. The third-order valence-electron chi connectivity index (χ3n) is 3.67. The van der Waals surface area contributed by atoms with E-state index in [1.807, 2.05) is 38.1 Å². The van der Waals surface area contributed by atoms with Crippen molar-refractivity contribution in [2.45, 2.75) is 45.1 Å². The van der Waals surface area contributed by atoms with Gasteiger partial charge in [0.25, 0.3) is 0 Å². The van der Waals surface area contributed by atoms with Crippen LogP contribution in [0.5, 0.6) is 5.75 Å². The second kappa shape index (κ2) is 6.20. The van der Waals surface area contributed by atoms with Crippen molar-refractivity contribution >= 4 is 5.78 Å². The van der Waals surface area contributed by atoms with E-state index in [1.54, 1.807) is 0 Å². The Bertz CT molecular complexity index is 416. The van der Waals surface area contributed by atoms with E-state index in [4.69, 9.17) is 9.47 Å². The summed E-state index contributed by atoms with van der Waals surface area (Å²) in [4.78, 5) is 12.7. The molecule has 1 fully saturated rings. The van der Waals surface area contributed by atoms with Crippen LogP contribution in [0.25, 0.3) is 0 Å². The number of benzene rings is 1. The minimum Gasteiger partial charge on any atom is -0.494 e. The molecule has 0 bridgehead atoms. The molecule has 3 heteroatoms. The van der Waals surface area contributed by atoms with Gasteiger partial charge in [0.2, 0.25) is 0 Å². The van der Waals surface area contributed by atoms with Crippen molar-refractivity contribution in [2.75, 3.05) is 13.2 Å². The van der Waals surface area contributed by atoms with E-state index < -0.39 is 5.60 Å². The molecule has 0 aromatic heterocycles. The lowest BCUT2D eigenvalue weighted by atomic mass is 9.91. The Morgan fingerprint density at radius 2 is 1.74 bits per heavy atom. The first-order valence-electron chi connectivity index (χ1n) is 7.13. The maximum atomic E-state index is 12.7. The van der Waals surface area contributed by atoms with Gasteiger partial charge >= 0.3 is 0 Å². The fourth-order valence-electron chi connectivity index (χ4n) is 2.79. The zero-order valence-electron chi connectivity index (χ0n) is 11.8. The van der Waals surface area contributed by atoms with Gasteiger partial charge in [0.15, 0.2) is 5.78 Å². The van der Waals surface area contributed by atoms with Gasteiger partial charge in [-0.05, 0) is 63.8 Å². The first-order chi connectivity index (χ1) is 9.22. The lowest BCUT2D eigenvalue weighted by Gasteiger charge is -2.27. The van der Waals surface area contributed by atoms with Crippen LogP contribution in [0.3, 0.4) is 0 Å². The van der Waals surface area contributed by atoms with Gasteiger partial charge in [0.05, 0.1) is 6.61 Å². The summed E-state index contributed by atoms with van der Waals surface area (Å²) in [7, 11) is 0. The van der Waals surface area contributed by atoms with E-state index in [0.717, 1.165) is 37.0 Å². The highest BCUT2D eigenvalue weighted by atomic mass is 16.5. The zero-order chi connectivity index (χ0) is 13.7. The third-order valence-corrected chi connectivity index (χ3v) is 3.67. The highest BCUT2D eigenvalue weighted by molar-refractivity contribution is 6.02. The number of carbonyl (C=O) groups is 1. The molecule has 0 N–H and O–H groups in total. The van der Waals surface area contributed by atoms with Crippen LogP contribution in [0.4, 0.5) is 0 Å². The summed E-state index contributed by atoms with van der Waals surface area (Å²) in [5.74, 6) is 0.922. The number of carbonyl (C=O) groups excluding carboxylic acids is 1. The molecule has 2 rings (SSSR count). The summed E-state index contributed by atoms with van der Waals surface area (Å²) < 4.78 is 11.2. The summed E-state index contributed by atoms with van der Waals surface area (Å²) in [6.45, 7) is 5.12. The summed E-state index contributed by atoms with van der Waals surface area (Å²) in [6, 6.07) is 7.38. The van der Waals surface area contributed by atoms with E-state index in [2.05, 4.69) is 0 Å². The fraction of sp³-hybridized carbons (Fsp3) is 0.562. The SMILES string of the molecule is CCOc1ccc(C(=O)C2(OCC)CCCC2)cc1. The molecule has 0 heterocycles. The predicted molar refractivity (Wildman–Crippen MR) is 74.8 cm³/mol. The van der Waals surface area contributed by atoms with Gasteiger partial charge in [-0.15, -0.1) is 0 Å². The van der Waals surface area contributed by atoms with E-state index >= 15 is 0 Å². The summed E-state index contributed by atoms with van der Waals surface area (Å²) >= 11 is 0. The largest absolute Gasteiger partial charge is 0.494 e. The Morgan fingerprint density at radius 1 is 1.11 bits per heavy atom. The predicted octanol–water partition coefficient (Wildman–Crippen LogP) is 3.62. The van der Waals surface area contributed by atoms with Crippen molar-refractivity contribution in [3.63, 3.8) is 0 Å². The molecule has 19 heavy (non-hydrogen) atoms. The van der Waals surface area contributed by atoms with Gasteiger partial charge in [0, 0.05) is 12.2 Å². The minimum absolute atomic E-state index is 0.120. The van der Waals surface area contributed by atoms with Gasteiger partial charge < -0.3 is 9.47 Å². The van der Waals surface area contributed by atoms with E-state index in [1.165, 1.54) is 0 Å². The summed E-state index contributed by atoms with van der Waals surface area (Å²) in [5.41, 5.74) is 0.140. The summed E-state index contributed by atoms with van der Waals surface area (Å²) in [5, 5.41) is 0. The number of hydrogen-bond acceptors (Lipinski definition) is 3. The molecule has 0 aliphatic heterocycles. The minimum atomic E-state index is -0.581. The van der Waals surface area contributed by atoms with Gasteiger partial charge in [0.1, 0.15) is 11.4 Å². The Morgan fingerprint density at radius 3 is 2.26 bits per heavy atom. The van der Waals surface area contributed by atoms with Crippen LogP contribution >= 0.6 is 0 Å². The number of Topliss-reactive ketones (excluding diaryl/α,β-unsaturated/α-hetero) is 1. The highest BCUT2D eigenvalue weighted by Crippen LogP contribution is 2.36. The molecule has 0 atom stereocenters. The molecule has 1 saturated carbocycles. The molecule has 0 amide bonds. The second-order valence-electron chi connectivity index (χ2n) is 4.92. The topological polar surface area (TPSA) is 35.5 Å². The van der Waals surface area contributed by atoms with Crippen LogP contribution in [0, 0.1) is 0 Å². The van der Waals surface area contributed by atoms with E-state index in [9.17, 15) is 4.79 Å². The Hall–Kier alpha value is -1.35. The molecular weight excluding hydrogens is 240 g/mol. The Labute approximate surface area is 114 Å². The van der Waals surface area contributed by atoms with Crippen molar-refractivity contribution in [1.82, 2.24) is 0 Å². The zero-order valence-corrected chi connectivity index (χ0v) is 11.8. The van der Waals surface area contributed by atoms with Crippen LogP contribution in [0.2, 0.25) is 0 Å². The molecule has 3 nitrogen and oxygen atoms in total. The lowest BCUT2D eigenvalue weighted by molar-refractivity contribution is -0.0163. The maximum Gasteiger partial charge on any atom is 0.194 e. The van der Waals surface area contributed by atoms with Gasteiger partial charge in [-0.1, -0.05) is 0 Å². The van der Waals surface area contributed by atoms with Gasteiger partial charge in [-0.2, -0.15) is 0 Å². The van der Waals surface area contributed by atoms with Gasteiger partial charge in [-0.25, -0.2) is 0 Å². The van der Waals surface area contributed by atoms with E-state index in [-0.39, 0.29) is 5.78 Å². The second-order valence-corrected chi connectivity index (χ2v) is 4.92. The normalized spacial score (nSPS) is 17.4. The quantitative estimate of drug-likeness (QED) is 0.735. The Balaban J connectivity index is 2.17. The van der Waals surface area contributed by atoms with Crippen LogP contribution in [0.1, 0.15) is 49.9 Å². The Kier molecular flexibility index (Phi) is 4.59. The highest BCUT2D eigenvalue weighted by Gasteiger charge is 2.42. The average Bonchev–Trinajstić information content (AvgIpc) is 2.89. The average molecular weight is 262 g/mol. The van der Waals surface area contributed by atoms with E-state index in [0.29, 0.717) is 13.2 Å². The number of ether oxygens (including phenoxy) is 2. The molecule has 0 radical (unpaired) electrons. The van der Waals surface area contributed by atoms with Crippen molar-refractivity contribution in [1.29, 1.82) is 0 Å². The molecule has 0 saturated heterocycles. The monoisotopic (exact) mass is 262 g/mol. The first-order valence-corrected chi connectivity index (χ1v) is 7.13. The molecule has 0 spiro atoms. The van der Waals surface area contributed by atoms with Crippen LogP contribution in [0.15, 0.2) is 24.3 Å². The van der Waals surface area contributed by atoms with Crippen LogP contribution in [-0.4, -0.2) is 24.6 Å². The van der Waals surface area contributed by atoms with Crippen LogP contribution in [-0.2, 0) is 4.74 Å². The smallest absolute Gasteiger partial charge is 0.194 e. The molecule has 1 aliphatic rings. The van der Waals surface area contributed by atoms with Crippen molar-refractivity contribution < 1.29 is 14.3 Å². The van der Waals surface area contributed by atoms with Gasteiger partial charge in [-0.3, -0.25) is 4.79 Å². The molecular formula is C16H22O3. The summed E-state index contributed by atoms with van der Waals surface area (Å²) in [6.07, 6.45) is 3.82. The third kappa shape index (κ3) is 2.98. The maximum absolute atomic E-state index is 12.7. The lowest BCUT2D eigenvalue weighted by Crippen LogP contribution is -2.38. The van der Waals surface area contributed by atoms with Crippen molar-refractivity contribution in [3.05, 3.63) is 29.8 Å². The molecule has 1 aromatic carbocycles. The molecule has 0 unspecified atom stereocenters. The standard InChI is InChI=1S/C16H22O3/c1-3-18-14-9-7-13(8-10-14)15(17)16(19-4-2)11-5-6-12-16/h7-10H,3-6,11-12H2,1-2H3.